The second-order valence-corrected chi connectivity index (χ2v) is 5.74. The van der Waals surface area contributed by atoms with Gasteiger partial charge in [0.2, 0.25) is 0 Å². The van der Waals surface area contributed by atoms with Gasteiger partial charge in [0, 0.05) is 28.5 Å². The van der Waals surface area contributed by atoms with Crippen molar-refractivity contribution in [2.24, 2.45) is 0 Å². The fourth-order valence-corrected chi connectivity index (χ4v) is 2.08. The smallest absolute Gasteiger partial charge is 0.255 e. The molecule has 0 saturated heterocycles. The Kier molecular flexibility index (Phi) is 3.89. The summed E-state index contributed by atoms with van der Waals surface area (Å²) in [5.41, 5.74) is 1.93. The quantitative estimate of drug-likeness (QED) is 0.787. The van der Waals surface area contributed by atoms with Gasteiger partial charge in [0.25, 0.3) is 5.56 Å². The van der Waals surface area contributed by atoms with Crippen molar-refractivity contribution in [3.63, 3.8) is 0 Å². The van der Waals surface area contributed by atoms with E-state index in [2.05, 4.69) is 33.4 Å². The van der Waals surface area contributed by atoms with Crippen molar-refractivity contribution in [2.45, 2.75) is 51.8 Å². The van der Waals surface area contributed by atoms with Crippen LogP contribution in [0.4, 0.5) is 0 Å². The van der Waals surface area contributed by atoms with E-state index >= 15 is 0 Å². The van der Waals surface area contributed by atoms with E-state index in [0.29, 0.717) is 5.75 Å². The zero-order valence-electron chi connectivity index (χ0n) is 10.7. The van der Waals surface area contributed by atoms with Gasteiger partial charge in [-0.1, -0.05) is 26.8 Å². The second-order valence-electron chi connectivity index (χ2n) is 5.42. The molecule has 2 nitrogen and oxygen atoms in total. The van der Waals surface area contributed by atoms with E-state index in [1.54, 1.807) is 0 Å². The van der Waals surface area contributed by atoms with Gasteiger partial charge in [0.1, 0.15) is 0 Å². The van der Waals surface area contributed by atoms with Crippen LogP contribution in [0, 0.1) is 0 Å². The lowest BCUT2D eigenvalue weighted by atomic mass is 9.90. The molecule has 90 valence electrons. The fraction of sp³-hybridized carbons (Fsp3) is 0.615. The summed E-state index contributed by atoms with van der Waals surface area (Å²) in [5, 5.41) is 0. The molecule has 1 rings (SSSR count). The first-order valence-electron chi connectivity index (χ1n) is 5.64. The summed E-state index contributed by atoms with van der Waals surface area (Å²) in [6, 6.07) is 4.13. The Morgan fingerprint density at radius 3 is 2.25 bits per heavy atom. The third kappa shape index (κ3) is 2.51. The average Bonchev–Trinajstić information content (AvgIpc) is 2.15. The maximum Gasteiger partial charge on any atom is 0.255 e. The maximum atomic E-state index is 12.2. The van der Waals surface area contributed by atoms with Gasteiger partial charge in [-0.25, -0.2) is 0 Å². The van der Waals surface area contributed by atoms with E-state index in [1.165, 1.54) is 0 Å². The number of rotatable bonds is 2. The van der Waals surface area contributed by atoms with Gasteiger partial charge < -0.3 is 4.57 Å². The monoisotopic (exact) mass is 239 g/mol. The highest BCUT2D eigenvalue weighted by atomic mass is 32.1. The van der Waals surface area contributed by atoms with Crippen LogP contribution in [0.25, 0.3) is 0 Å². The van der Waals surface area contributed by atoms with Crippen LogP contribution in [0.3, 0.4) is 0 Å². The summed E-state index contributed by atoms with van der Waals surface area (Å²) in [6.45, 7) is 10.5. The minimum absolute atomic E-state index is 0.0153. The van der Waals surface area contributed by atoms with E-state index in [-0.39, 0.29) is 17.0 Å². The Balaban J connectivity index is 3.54. The molecular formula is C13H21NOS. The van der Waals surface area contributed by atoms with Gasteiger partial charge in [0.15, 0.2) is 0 Å². The Bertz CT molecular complexity index is 427. The van der Waals surface area contributed by atoms with Crippen molar-refractivity contribution < 1.29 is 0 Å². The Morgan fingerprint density at radius 1 is 1.31 bits per heavy atom. The van der Waals surface area contributed by atoms with Crippen LogP contribution >= 0.6 is 12.6 Å². The summed E-state index contributed by atoms with van der Waals surface area (Å²) >= 11 is 4.19. The largest absolute Gasteiger partial charge is 0.309 e. The molecule has 0 amide bonds. The number of hydrogen-bond donors (Lipinski definition) is 1. The first-order valence-corrected chi connectivity index (χ1v) is 6.28. The highest BCUT2D eigenvalue weighted by Crippen LogP contribution is 2.23. The van der Waals surface area contributed by atoms with E-state index in [4.69, 9.17) is 0 Å². The van der Waals surface area contributed by atoms with Gasteiger partial charge in [-0.3, -0.25) is 4.79 Å². The lowest BCUT2D eigenvalue weighted by Gasteiger charge is -2.26. The van der Waals surface area contributed by atoms with Crippen LogP contribution in [0.5, 0.6) is 0 Å². The minimum Gasteiger partial charge on any atom is -0.309 e. The van der Waals surface area contributed by atoms with Crippen molar-refractivity contribution in [3.05, 3.63) is 33.7 Å². The molecule has 3 heteroatoms. The second kappa shape index (κ2) is 4.66. The summed E-state index contributed by atoms with van der Waals surface area (Å²) in [4.78, 5) is 12.2. The average molecular weight is 239 g/mol. The zero-order valence-corrected chi connectivity index (χ0v) is 11.6. The van der Waals surface area contributed by atoms with Crippen molar-refractivity contribution in [2.75, 3.05) is 0 Å². The van der Waals surface area contributed by atoms with E-state index in [9.17, 15) is 4.79 Å². The summed E-state index contributed by atoms with van der Waals surface area (Å²) < 4.78 is 1.88. The zero-order chi connectivity index (χ0) is 12.5. The molecule has 0 radical (unpaired) electrons. The topological polar surface area (TPSA) is 22.0 Å². The SMILES string of the molecule is CC(C)n1c(C(C)(C)C)ccc(CS)c1=O. The van der Waals surface area contributed by atoms with Crippen LogP contribution in [-0.2, 0) is 11.2 Å². The summed E-state index contributed by atoms with van der Waals surface area (Å²) in [7, 11) is 0. The first kappa shape index (κ1) is 13.4. The minimum atomic E-state index is -0.0153. The molecule has 0 aromatic carbocycles. The number of thiol groups is 1. The maximum absolute atomic E-state index is 12.2. The number of hydrogen-bond acceptors (Lipinski definition) is 2. The molecule has 0 aliphatic heterocycles. The van der Waals surface area contributed by atoms with Crippen molar-refractivity contribution in [3.8, 4) is 0 Å². The molecule has 0 bridgehead atoms. The van der Waals surface area contributed by atoms with Crippen molar-refractivity contribution in [1.82, 2.24) is 4.57 Å². The third-order valence-electron chi connectivity index (χ3n) is 2.65. The predicted octanol–water partition coefficient (Wildman–Crippen LogP) is 3.16. The third-order valence-corrected chi connectivity index (χ3v) is 2.99. The number of aromatic nitrogens is 1. The first-order chi connectivity index (χ1) is 7.29. The molecule has 0 atom stereocenters. The molecule has 1 aromatic heterocycles. The Labute approximate surface area is 103 Å². The molecule has 1 heterocycles. The molecule has 16 heavy (non-hydrogen) atoms. The van der Waals surface area contributed by atoms with E-state index in [1.807, 2.05) is 30.5 Å². The lowest BCUT2D eigenvalue weighted by Crippen LogP contribution is -2.32. The van der Waals surface area contributed by atoms with Crippen LogP contribution in [0.2, 0.25) is 0 Å². The van der Waals surface area contributed by atoms with Crippen LogP contribution < -0.4 is 5.56 Å². The number of nitrogens with zero attached hydrogens (tertiary/aromatic N) is 1. The standard InChI is InChI=1S/C13H21NOS/c1-9(2)14-11(13(3,4)5)7-6-10(8-16)12(14)15/h6-7,9,16H,8H2,1-5H3. The molecule has 0 N–H and O–H groups in total. The molecule has 1 aromatic rings. The summed E-state index contributed by atoms with van der Waals surface area (Å²) in [5.74, 6) is 0.496. The van der Waals surface area contributed by atoms with Crippen LogP contribution in [0.15, 0.2) is 16.9 Å². The molecular weight excluding hydrogens is 218 g/mol. The van der Waals surface area contributed by atoms with E-state index in [0.717, 1.165) is 11.3 Å². The molecule has 0 unspecified atom stereocenters. The van der Waals surface area contributed by atoms with Crippen molar-refractivity contribution >= 4 is 12.6 Å². The van der Waals surface area contributed by atoms with Gasteiger partial charge in [-0.15, -0.1) is 0 Å². The predicted molar refractivity (Wildman–Crippen MR) is 72.5 cm³/mol. The van der Waals surface area contributed by atoms with Crippen LogP contribution in [0.1, 0.15) is 51.9 Å². The van der Waals surface area contributed by atoms with Crippen LogP contribution in [-0.4, -0.2) is 4.57 Å². The highest BCUT2D eigenvalue weighted by molar-refractivity contribution is 7.79. The lowest BCUT2D eigenvalue weighted by molar-refractivity contribution is 0.465. The fourth-order valence-electron chi connectivity index (χ4n) is 1.84. The number of pyridine rings is 1. The Morgan fingerprint density at radius 2 is 1.88 bits per heavy atom. The molecule has 0 aliphatic carbocycles. The van der Waals surface area contributed by atoms with E-state index < -0.39 is 0 Å². The molecule has 0 spiro atoms. The highest BCUT2D eigenvalue weighted by Gasteiger charge is 2.21. The van der Waals surface area contributed by atoms with Crippen molar-refractivity contribution in [1.29, 1.82) is 0 Å². The van der Waals surface area contributed by atoms with Gasteiger partial charge in [0.05, 0.1) is 0 Å². The Hall–Kier alpha value is -0.700. The molecule has 0 fully saturated rings. The van der Waals surface area contributed by atoms with Gasteiger partial charge in [-0.05, 0) is 19.9 Å². The summed E-state index contributed by atoms with van der Waals surface area (Å²) in [6.07, 6.45) is 0. The molecule has 0 saturated carbocycles. The normalized spacial score (nSPS) is 12.2. The van der Waals surface area contributed by atoms with Gasteiger partial charge >= 0.3 is 0 Å². The van der Waals surface area contributed by atoms with Gasteiger partial charge in [-0.2, -0.15) is 12.6 Å². The molecule has 0 aliphatic rings.